The Balaban J connectivity index is 1.72. The monoisotopic (exact) mass is 371 g/mol. The molecular weight excluding hydrogens is 358 g/mol. The Morgan fingerprint density at radius 2 is 1.60 bits per heavy atom. The highest BCUT2D eigenvalue weighted by atomic mass is 32.2. The summed E-state index contributed by atoms with van der Waals surface area (Å²) in [4.78, 5) is 0.221. The van der Waals surface area contributed by atoms with Crippen LogP contribution in [0.15, 0.2) is 75.9 Å². The topological polar surface area (TPSA) is 80.3 Å². The molecule has 1 aliphatic rings. The van der Waals surface area contributed by atoms with Crippen molar-refractivity contribution in [1.82, 2.24) is 0 Å². The molecule has 126 valence electrons. The SMILES string of the molecule is O=S1(=O)C=Cc2ccc(NS(=O)(=O)c3ccc4ccccc4c3)cc21. The lowest BCUT2D eigenvalue weighted by Crippen LogP contribution is -2.13. The number of fused-ring (bicyclic) bond motifs is 2. The van der Waals surface area contributed by atoms with E-state index >= 15 is 0 Å². The maximum atomic E-state index is 12.6. The zero-order valence-corrected chi connectivity index (χ0v) is 14.5. The van der Waals surface area contributed by atoms with Gasteiger partial charge < -0.3 is 0 Å². The second-order valence-corrected chi connectivity index (χ2v) is 9.20. The lowest BCUT2D eigenvalue weighted by atomic mass is 10.1. The van der Waals surface area contributed by atoms with Crippen LogP contribution in [0.5, 0.6) is 0 Å². The van der Waals surface area contributed by atoms with E-state index in [0.717, 1.165) is 16.2 Å². The third kappa shape index (κ3) is 2.81. The molecule has 0 spiro atoms. The maximum Gasteiger partial charge on any atom is 0.261 e. The van der Waals surface area contributed by atoms with Crippen molar-refractivity contribution in [3.05, 3.63) is 71.6 Å². The molecule has 0 radical (unpaired) electrons. The molecule has 0 fully saturated rings. The van der Waals surface area contributed by atoms with Crippen LogP contribution < -0.4 is 4.72 Å². The van der Waals surface area contributed by atoms with Crippen LogP contribution in [0.4, 0.5) is 5.69 Å². The van der Waals surface area contributed by atoms with Gasteiger partial charge in [-0.2, -0.15) is 0 Å². The summed E-state index contributed by atoms with van der Waals surface area (Å²) < 4.78 is 51.6. The summed E-state index contributed by atoms with van der Waals surface area (Å²) in [6.45, 7) is 0. The second-order valence-electron chi connectivity index (χ2n) is 5.71. The summed E-state index contributed by atoms with van der Waals surface area (Å²) in [5.74, 6) is 0. The normalized spacial score (nSPS) is 15.2. The molecule has 0 bridgehead atoms. The van der Waals surface area contributed by atoms with E-state index in [2.05, 4.69) is 4.72 Å². The highest BCUT2D eigenvalue weighted by Crippen LogP contribution is 2.30. The van der Waals surface area contributed by atoms with Crippen LogP contribution in [-0.2, 0) is 19.9 Å². The third-order valence-electron chi connectivity index (χ3n) is 4.03. The van der Waals surface area contributed by atoms with Gasteiger partial charge in [-0.05, 0) is 46.7 Å². The molecule has 0 unspecified atom stereocenters. The molecule has 1 heterocycles. The molecule has 4 rings (SSSR count). The van der Waals surface area contributed by atoms with E-state index in [1.54, 1.807) is 24.3 Å². The summed E-state index contributed by atoms with van der Waals surface area (Å²) in [7, 11) is -7.32. The minimum atomic E-state index is -3.82. The molecule has 0 aromatic heterocycles. The number of hydrogen-bond donors (Lipinski definition) is 1. The standard InChI is InChI=1S/C18H13NO4S2/c20-24(21)10-9-14-5-7-16(12-18(14)24)19-25(22,23)17-8-6-13-3-1-2-4-15(13)11-17/h1-12,19H. The summed E-state index contributed by atoms with van der Waals surface area (Å²) in [6, 6.07) is 16.8. The first-order valence-corrected chi connectivity index (χ1v) is 10.5. The van der Waals surface area contributed by atoms with Crippen LogP contribution >= 0.6 is 0 Å². The predicted octanol–water partition coefficient (Wildman–Crippen LogP) is 3.40. The van der Waals surface area contributed by atoms with E-state index in [4.69, 9.17) is 0 Å². The molecule has 0 saturated carbocycles. The van der Waals surface area contributed by atoms with Crippen molar-refractivity contribution >= 4 is 42.4 Å². The summed E-state index contributed by atoms with van der Waals surface area (Å²) in [6.07, 6.45) is 1.49. The van der Waals surface area contributed by atoms with Crippen LogP contribution in [0.2, 0.25) is 0 Å². The third-order valence-corrected chi connectivity index (χ3v) is 6.87. The quantitative estimate of drug-likeness (QED) is 0.765. The van der Waals surface area contributed by atoms with E-state index in [-0.39, 0.29) is 15.5 Å². The van der Waals surface area contributed by atoms with Gasteiger partial charge in [0, 0.05) is 5.41 Å². The first-order valence-electron chi connectivity index (χ1n) is 7.44. The molecule has 0 saturated heterocycles. The average molecular weight is 371 g/mol. The van der Waals surface area contributed by atoms with Crippen molar-refractivity contribution in [2.45, 2.75) is 9.79 Å². The number of sulfonamides is 1. The fraction of sp³-hybridized carbons (Fsp3) is 0. The largest absolute Gasteiger partial charge is 0.280 e. The summed E-state index contributed by atoms with van der Waals surface area (Å²) >= 11 is 0. The molecule has 0 atom stereocenters. The summed E-state index contributed by atoms with van der Waals surface area (Å²) in [5, 5.41) is 2.86. The zero-order valence-electron chi connectivity index (χ0n) is 12.9. The van der Waals surface area contributed by atoms with Crippen LogP contribution in [0.3, 0.4) is 0 Å². The van der Waals surface area contributed by atoms with Crippen LogP contribution in [-0.4, -0.2) is 16.8 Å². The van der Waals surface area contributed by atoms with Crippen LogP contribution in [0, 0.1) is 0 Å². The minimum Gasteiger partial charge on any atom is -0.280 e. The molecule has 7 heteroatoms. The van der Waals surface area contributed by atoms with Gasteiger partial charge in [0.05, 0.1) is 15.5 Å². The number of anilines is 1. The van der Waals surface area contributed by atoms with Gasteiger partial charge in [0.1, 0.15) is 0 Å². The van der Waals surface area contributed by atoms with Crippen molar-refractivity contribution < 1.29 is 16.8 Å². The average Bonchev–Trinajstić information content (AvgIpc) is 2.89. The molecule has 25 heavy (non-hydrogen) atoms. The van der Waals surface area contributed by atoms with Gasteiger partial charge in [0.2, 0.25) is 9.84 Å². The van der Waals surface area contributed by atoms with Crippen molar-refractivity contribution in [1.29, 1.82) is 0 Å². The van der Waals surface area contributed by atoms with Gasteiger partial charge in [-0.25, -0.2) is 16.8 Å². The molecule has 1 N–H and O–H groups in total. The fourth-order valence-corrected chi connectivity index (χ4v) is 5.08. The number of nitrogens with one attached hydrogen (secondary N) is 1. The van der Waals surface area contributed by atoms with E-state index in [1.165, 1.54) is 18.2 Å². The number of sulfone groups is 1. The van der Waals surface area contributed by atoms with Crippen molar-refractivity contribution in [3.63, 3.8) is 0 Å². The maximum absolute atomic E-state index is 12.6. The van der Waals surface area contributed by atoms with Crippen LogP contribution in [0.25, 0.3) is 16.8 Å². The molecule has 3 aromatic carbocycles. The smallest absolute Gasteiger partial charge is 0.261 e. The van der Waals surface area contributed by atoms with Gasteiger partial charge in [0.25, 0.3) is 10.0 Å². The molecule has 3 aromatic rings. The lowest BCUT2D eigenvalue weighted by molar-refractivity contribution is 0.600. The van der Waals surface area contributed by atoms with E-state index in [9.17, 15) is 16.8 Å². The van der Waals surface area contributed by atoms with Gasteiger partial charge in [-0.3, -0.25) is 4.72 Å². The minimum absolute atomic E-state index is 0.103. The molecule has 0 amide bonds. The fourth-order valence-electron chi connectivity index (χ4n) is 2.77. The number of benzene rings is 3. The predicted molar refractivity (Wildman–Crippen MR) is 97.4 cm³/mol. The van der Waals surface area contributed by atoms with E-state index < -0.39 is 19.9 Å². The summed E-state index contributed by atoms with van der Waals surface area (Å²) in [5.41, 5.74) is 0.757. The van der Waals surface area contributed by atoms with E-state index in [0.29, 0.717) is 5.56 Å². The highest BCUT2D eigenvalue weighted by Gasteiger charge is 2.22. The van der Waals surface area contributed by atoms with Crippen molar-refractivity contribution in [2.24, 2.45) is 0 Å². The Morgan fingerprint density at radius 3 is 2.40 bits per heavy atom. The van der Waals surface area contributed by atoms with Gasteiger partial charge >= 0.3 is 0 Å². The molecule has 5 nitrogen and oxygen atoms in total. The molecular formula is C18H13NO4S2. The van der Waals surface area contributed by atoms with Gasteiger partial charge in [0.15, 0.2) is 0 Å². The number of hydrogen-bond acceptors (Lipinski definition) is 4. The Kier molecular flexibility index (Phi) is 3.45. The first kappa shape index (κ1) is 15.9. The number of rotatable bonds is 3. The Bertz CT molecular complexity index is 1240. The lowest BCUT2D eigenvalue weighted by Gasteiger charge is -2.10. The van der Waals surface area contributed by atoms with Gasteiger partial charge in [-0.15, -0.1) is 0 Å². The highest BCUT2D eigenvalue weighted by molar-refractivity contribution is 7.95. The first-order chi connectivity index (χ1) is 11.9. The molecule has 1 aliphatic heterocycles. The van der Waals surface area contributed by atoms with Crippen LogP contribution in [0.1, 0.15) is 5.56 Å². The Labute approximate surface area is 145 Å². The Morgan fingerprint density at radius 1 is 0.840 bits per heavy atom. The zero-order chi connectivity index (χ0) is 17.7. The van der Waals surface area contributed by atoms with E-state index in [1.807, 2.05) is 24.3 Å². The van der Waals surface area contributed by atoms with Crippen molar-refractivity contribution in [3.8, 4) is 0 Å². The molecule has 0 aliphatic carbocycles. The Hall–Kier alpha value is -2.64. The van der Waals surface area contributed by atoms with Gasteiger partial charge in [-0.1, -0.05) is 36.4 Å². The van der Waals surface area contributed by atoms with Crippen molar-refractivity contribution in [2.75, 3.05) is 4.72 Å². The second kappa shape index (κ2) is 5.44.